The van der Waals surface area contributed by atoms with Gasteiger partial charge in [-0.25, -0.2) is 0 Å². The second kappa shape index (κ2) is 3.28. The fraction of sp³-hybridized carbons (Fsp3) is 0. The van der Waals surface area contributed by atoms with E-state index in [0.29, 0.717) is 4.47 Å². The first-order valence-electron chi connectivity index (χ1n) is 2.87. The lowest BCUT2D eigenvalue weighted by atomic mass is 10.3. The molecule has 0 bridgehead atoms. The highest BCUT2D eigenvalue weighted by molar-refractivity contribution is 9.10. The first-order chi connectivity index (χ1) is 5.52. The molecular weight excluding hydrogens is 247 g/mol. The molecule has 12 heavy (non-hydrogen) atoms. The normalized spacial score (nSPS) is 9.83. The molecule has 63 valence electrons. The summed E-state index contributed by atoms with van der Waals surface area (Å²) >= 11 is 8.53. The molecule has 0 fully saturated rings. The van der Waals surface area contributed by atoms with Crippen molar-refractivity contribution in [2.24, 2.45) is 0 Å². The molecule has 1 aromatic rings. The highest BCUT2D eigenvalue weighted by Gasteiger charge is 2.11. The Labute approximate surface area is 81.6 Å². The number of nitro groups is 1. The van der Waals surface area contributed by atoms with E-state index in [0.717, 1.165) is 6.07 Å². The van der Waals surface area contributed by atoms with E-state index in [1.165, 1.54) is 6.07 Å². The van der Waals surface area contributed by atoms with Crippen LogP contribution in [-0.4, -0.2) is 4.92 Å². The summed E-state index contributed by atoms with van der Waals surface area (Å²) in [5.41, 5.74) is 7.22. The molecule has 0 aliphatic carbocycles. The number of hydrogen-bond acceptors (Lipinski definition) is 2. The quantitative estimate of drug-likeness (QED) is 0.568. The van der Waals surface area contributed by atoms with E-state index in [9.17, 15) is 10.1 Å². The van der Waals surface area contributed by atoms with Gasteiger partial charge in [-0.1, -0.05) is 11.6 Å². The minimum absolute atomic E-state index is 0.0577. The first-order valence-corrected chi connectivity index (χ1v) is 4.04. The van der Waals surface area contributed by atoms with E-state index >= 15 is 0 Å². The second-order valence-electron chi connectivity index (χ2n) is 2.04. The molecule has 1 aromatic carbocycles. The topological polar surface area (TPSA) is 66.9 Å². The van der Waals surface area contributed by atoms with Crippen LogP contribution in [0.5, 0.6) is 0 Å². The molecule has 0 amide bonds. The summed E-state index contributed by atoms with van der Waals surface area (Å²) in [6.45, 7) is 0. The number of hydrogen-bond donors (Lipinski definition) is 0. The third kappa shape index (κ3) is 1.67. The Balaban J connectivity index is 3.31. The summed E-state index contributed by atoms with van der Waals surface area (Å²) in [6.07, 6.45) is 0. The van der Waals surface area contributed by atoms with Gasteiger partial charge in [0.05, 0.1) is 20.1 Å². The number of benzene rings is 1. The molecule has 0 heterocycles. The lowest BCUT2D eigenvalue weighted by Gasteiger charge is -1.98. The van der Waals surface area contributed by atoms with Crippen LogP contribution in [0.2, 0.25) is 5.02 Å². The van der Waals surface area contributed by atoms with Crippen LogP contribution >= 0.6 is 27.5 Å². The third-order valence-electron chi connectivity index (χ3n) is 1.24. The molecule has 0 aromatic heterocycles. The van der Waals surface area contributed by atoms with Crippen LogP contribution < -0.4 is 5.73 Å². The maximum atomic E-state index is 10.3. The van der Waals surface area contributed by atoms with Crippen molar-refractivity contribution in [2.75, 3.05) is 0 Å². The van der Waals surface area contributed by atoms with Crippen molar-refractivity contribution in [1.29, 1.82) is 0 Å². The van der Waals surface area contributed by atoms with Gasteiger partial charge in [-0.05, 0) is 15.9 Å². The number of nitrogens with zero attached hydrogens (tertiary/aromatic N) is 1. The summed E-state index contributed by atoms with van der Waals surface area (Å²) in [5.74, 6) is 0. The van der Waals surface area contributed by atoms with Gasteiger partial charge in [-0.3, -0.25) is 15.8 Å². The van der Waals surface area contributed by atoms with Crippen LogP contribution in [0.3, 0.4) is 0 Å². The Morgan fingerprint density at radius 1 is 1.58 bits per heavy atom. The van der Waals surface area contributed by atoms with Gasteiger partial charge in [0.15, 0.2) is 0 Å². The molecule has 1 radical (unpaired) electrons. The Morgan fingerprint density at radius 2 is 2.17 bits per heavy atom. The highest BCUT2D eigenvalue weighted by Crippen LogP contribution is 2.33. The Bertz CT molecular complexity index is 319. The van der Waals surface area contributed by atoms with Gasteiger partial charge in [-0.2, -0.15) is 0 Å². The summed E-state index contributed by atoms with van der Waals surface area (Å²) in [6, 6.07) is 2.39. The smallest absolute Gasteiger partial charge is 0.272 e. The number of rotatable bonds is 1. The molecule has 4 nitrogen and oxygen atoms in total. The Kier molecular flexibility index (Phi) is 2.54. The Morgan fingerprint density at radius 3 is 2.58 bits per heavy atom. The van der Waals surface area contributed by atoms with E-state index in [1.807, 2.05) is 0 Å². The maximum Gasteiger partial charge on any atom is 0.272 e. The zero-order valence-electron chi connectivity index (χ0n) is 5.67. The number of halogens is 2. The zero-order valence-corrected chi connectivity index (χ0v) is 8.02. The molecular formula is C6H3BrClN2O2. The molecule has 0 saturated heterocycles. The standard InChI is InChI=1S/C6H3BrClN2O2/c7-4-1-3(10(11)12)2-5(8)6(4)9/h1-2,9H. The molecule has 0 unspecified atom stereocenters. The molecule has 0 aliphatic rings. The predicted molar refractivity (Wildman–Crippen MR) is 48.6 cm³/mol. The summed E-state index contributed by atoms with van der Waals surface area (Å²) < 4.78 is 0.321. The van der Waals surface area contributed by atoms with Crippen LogP contribution in [0.4, 0.5) is 11.4 Å². The molecule has 0 spiro atoms. The van der Waals surface area contributed by atoms with E-state index in [1.54, 1.807) is 0 Å². The average Bonchev–Trinajstić information content (AvgIpc) is 1.99. The molecule has 1 rings (SSSR count). The van der Waals surface area contributed by atoms with Gasteiger partial charge in [0.2, 0.25) is 0 Å². The van der Waals surface area contributed by atoms with Gasteiger partial charge in [0.25, 0.3) is 5.69 Å². The van der Waals surface area contributed by atoms with Gasteiger partial charge in [-0.15, -0.1) is 0 Å². The van der Waals surface area contributed by atoms with E-state index in [2.05, 4.69) is 15.9 Å². The summed E-state index contributed by atoms with van der Waals surface area (Å²) in [5, 5.41) is 10.3. The van der Waals surface area contributed by atoms with Gasteiger partial charge in [0, 0.05) is 12.1 Å². The van der Waals surface area contributed by atoms with E-state index in [-0.39, 0.29) is 16.4 Å². The molecule has 6 heteroatoms. The highest BCUT2D eigenvalue weighted by atomic mass is 79.9. The number of nitrogens with one attached hydrogen (secondary N) is 1. The fourth-order valence-electron chi connectivity index (χ4n) is 0.665. The van der Waals surface area contributed by atoms with Gasteiger partial charge in [0.1, 0.15) is 0 Å². The van der Waals surface area contributed by atoms with Crippen LogP contribution in [0, 0.1) is 10.1 Å². The monoisotopic (exact) mass is 249 g/mol. The lowest BCUT2D eigenvalue weighted by molar-refractivity contribution is -0.384. The van der Waals surface area contributed by atoms with Crippen molar-refractivity contribution < 1.29 is 4.92 Å². The van der Waals surface area contributed by atoms with Crippen molar-refractivity contribution in [2.45, 2.75) is 0 Å². The van der Waals surface area contributed by atoms with Crippen molar-refractivity contribution in [3.63, 3.8) is 0 Å². The Hall–Kier alpha value is -0.810. The van der Waals surface area contributed by atoms with Crippen LogP contribution in [0.15, 0.2) is 16.6 Å². The van der Waals surface area contributed by atoms with Crippen molar-refractivity contribution in [3.05, 3.63) is 31.7 Å². The first kappa shape index (κ1) is 9.28. The minimum atomic E-state index is -0.559. The predicted octanol–water partition coefficient (Wildman–Crippen LogP) is 2.93. The van der Waals surface area contributed by atoms with Crippen molar-refractivity contribution in [3.8, 4) is 0 Å². The number of nitro benzene ring substituents is 1. The van der Waals surface area contributed by atoms with Crippen LogP contribution in [-0.2, 0) is 0 Å². The number of non-ortho nitro benzene ring substituents is 1. The van der Waals surface area contributed by atoms with E-state index < -0.39 is 4.92 Å². The third-order valence-corrected chi connectivity index (χ3v) is 2.16. The molecule has 0 atom stereocenters. The molecule has 0 saturated carbocycles. The van der Waals surface area contributed by atoms with Crippen LogP contribution in [0.1, 0.15) is 0 Å². The summed E-state index contributed by atoms with van der Waals surface area (Å²) in [7, 11) is 0. The van der Waals surface area contributed by atoms with E-state index in [4.69, 9.17) is 17.3 Å². The molecule has 1 N–H and O–H groups in total. The second-order valence-corrected chi connectivity index (χ2v) is 3.30. The lowest BCUT2D eigenvalue weighted by Crippen LogP contribution is -1.88. The maximum absolute atomic E-state index is 10.3. The fourth-order valence-corrected chi connectivity index (χ4v) is 1.44. The zero-order chi connectivity index (χ0) is 9.30. The average molecular weight is 250 g/mol. The van der Waals surface area contributed by atoms with Gasteiger partial charge < -0.3 is 0 Å². The van der Waals surface area contributed by atoms with Crippen molar-refractivity contribution in [1.82, 2.24) is 5.73 Å². The van der Waals surface area contributed by atoms with Crippen molar-refractivity contribution >= 4 is 38.9 Å². The van der Waals surface area contributed by atoms with Gasteiger partial charge >= 0.3 is 0 Å². The summed E-state index contributed by atoms with van der Waals surface area (Å²) in [4.78, 5) is 9.72. The van der Waals surface area contributed by atoms with Crippen LogP contribution in [0.25, 0.3) is 0 Å². The molecule has 0 aliphatic heterocycles. The largest absolute Gasteiger partial charge is 0.298 e. The minimum Gasteiger partial charge on any atom is -0.298 e. The SMILES string of the molecule is [NH]c1c(Cl)cc([N+](=O)[O-])cc1Br.